The second-order valence-corrected chi connectivity index (χ2v) is 6.61. The van der Waals surface area contributed by atoms with Crippen LogP contribution in [-0.4, -0.2) is 57.8 Å². The van der Waals surface area contributed by atoms with Crippen LogP contribution in [0.15, 0.2) is 11.3 Å². The number of aryl methyl sites for hydroxylation is 1. The lowest BCUT2D eigenvalue weighted by atomic mass is 10.0. The molecule has 130 valence electrons. The van der Waals surface area contributed by atoms with Crippen LogP contribution in [0.25, 0.3) is 0 Å². The Balaban J connectivity index is 1.84. The molecular formula is C16H31N7. The van der Waals surface area contributed by atoms with Gasteiger partial charge in [0.1, 0.15) is 18.7 Å². The molecule has 0 bridgehead atoms. The van der Waals surface area contributed by atoms with Crippen molar-refractivity contribution < 1.29 is 0 Å². The molecule has 0 aliphatic carbocycles. The summed E-state index contributed by atoms with van der Waals surface area (Å²) in [5, 5.41) is 11.0. The first-order valence-corrected chi connectivity index (χ1v) is 8.68. The Labute approximate surface area is 139 Å². The highest BCUT2D eigenvalue weighted by atomic mass is 15.3. The van der Waals surface area contributed by atoms with Gasteiger partial charge in [-0.2, -0.15) is 5.10 Å². The van der Waals surface area contributed by atoms with E-state index in [1.165, 1.54) is 32.5 Å². The number of hydrogen-bond donors (Lipinski definition) is 2. The molecule has 2 rings (SSSR count). The molecule has 0 radical (unpaired) electrons. The van der Waals surface area contributed by atoms with Crippen molar-refractivity contribution in [2.45, 2.75) is 46.2 Å². The lowest BCUT2D eigenvalue weighted by molar-refractivity contribution is 0.187. The van der Waals surface area contributed by atoms with Gasteiger partial charge < -0.3 is 15.5 Å². The Morgan fingerprint density at radius 1 is 1.39 bits per heavy atom. The van der Waals surface area contributed by atoms with E-state index in [1.54, 1.807) is 11.0 Å². The second-order valence-electron chi connectivity index (χ2n) is 6.61. The maximum atomic E-state index is 4.64. The van der Waals surface area contributed by atoms with E-state index in [-0.39, 0.29) is 0 Å². The van der Waals surface area contributed by atoms with Crippen molar-refractivity contribution in [2.75, 3.05) is 26.2 Å². The molecule has 1 aliphatic rings. The fourth-order valence-corrected chi connectivity index (χ4v) is 2.90. The van der Waals surface area contributed by atoms with E-state index in [1.807, 2.05) is 7.05 Å². The number of hydrogen-bond acceptors (Lipinski definition) is 4. The first-order chi connectivity index (χ1) is 11.1. The predicted octanol–water partition coefficient (Wildman–Crippen LogP) is 0.991. The maximum Gasteiger partial charge on any atom is 0.191 e. The molecular weight excluding hydrogens is 290 g/mol. The van der Waals surface area contributed by atoms with Gasteiger partial charge in [0.25, 0.3) is 0 Å². The zero-order valence-electron chi connectivity index (χ0n) is 14.9. The molecule has 1 aromatic rings. The van der Waals surface area contributed by atoms with Gasteiger partial charge in [-0.05, 0) is 25.7 Å². The average molecular weight is 321 g/mol. The Bertz CT molecular complexity index is 486. The summed E-state index contributed by atoms with van der Waals surface area (Å²) in [7, 11) is 1.89. The van der Waals surface area contributed by atoms with Crippen molar-refractivity contribution in [2.24, 2.45) is 18.0 Å². The van der Waals surface area contributed by atoms with Gasteiger partial charge in [-0.1, -0.05) is 13.8 Å². The van der Waals surface area contributed by atoms with Crippen LogP contribution in [-0.2, 0) is 13.6 Å². The highest BCUT2D eigenvalue weighted by molar-refractivity contribution is 5.80. The minimum atomic E-state index is 0.496. The molecule has 2 N–H and O–H groups in total. The summed E-state index contributed by atoms with van der Waals surface area (Å²) in [6, 6.07) is 0.496. The van der Waals surface area contributed by atoms with E-state index in [2.05, 4.69) is 51.4 Å². The van der Waals surface area contributed by atoms with Crippen molar-refractivity contribution in [3.05, 3.63) is 12.2 Å². The molecule has 0 saturated carbocycles. The van der Waals surface area contributed by atoms with E-state index >= 15 is 0 Å². The number of nitrogens with zero attached hydrogens (tertiary/aromatic N) is 5. The molecule has 0 spiro atoms. The van der Waals surface area contributed by atoms with Crippen molar-refractivity contribution in [1.29, 1.82) is 0 Å². The van der Waals surface area contributed by atoms with Crippen molar-refractivity contribution >= 4 is 5.96 Å². The molecule has 0 aromatic carbocycles. The lowest BCUT2D eigenvalue weighted by Crippen LogP contribution is -2.49. The first kappa shape index (κ1) is 17.7. The van der Waals surface area contributed by atoms with Gasteiger partial charge in [-0.25, -0.2) is 9.98 Å². The molecule has 0 amide bonds. The lowest BCUT2D eigenvalue weighted by Gasteiger charge is -2.34. The summed E-state index contributed by atoms with van der Waals surface area (Å²) in [5.41, 5.74) is 0. The highest BCUT2D eigenvalue weighted by Gasteiger charge is 2.20. The summed E-state index contributed by atoms with van der Waals surface area (Å²) < 4.78 is 1.76. The van der Waals surface area contributed by atoms with Crippen LogP contribution in [0, 0.1) is 5.92 Å². The number of aliphatic imine (C=N–C) groups is 1. The van der Waals surface area contributed by atoms with Crippen molar-refractivity contribution in [3.8, 4) is 0 Å². The van der Waals surface area contributed by atoms with Crippen molar-refractivity contribution in [1.82, 2.24) is 30.3 Å². The van der Waals surface area contributed by atoms with E-state index in [0.717, 1.165) is 24.2 Å². The van der Waals surface area contributed by atoms with Crippen LogP contribution in [0.4, 0.5) is 0 Å². The number of likely N-dealkylation sites (tertiary alicyclic amines) is 1. The topological polar surface area (TPSA) is 70.4 Å². The summed E-state index contributed by atoms with van der Waals surface area (Å²) in [5.74, 6) is 2.48. The predicted molar refractivity (Wildman–Crippen MR) is 93.3 cm³/mol. The quantitative estimate of drug-likeness (QED) is 0.604. The van der Waals surface area contributed by atoms with Crippen LogP contribution in [0.5, 0.6) is 0 Å². The molecule has 1 saturated heterocycles. The summed E-state index contributed by atoms with van der Waals surface area (Å²) in [6.07, 6.45) is 3.90. The molecule has 0 unspecified atom stereocenters. The number of guanidine groups is 1. The molecule has 1 aliphatic heterocycles. The molecule has 2 heterocycles. The largest absolute Gasteiger partial charge is 0.357 e. The molecule has 7 nitrogen and oxygen atoms in total. The molecule has 0 atom stereocenters. The highest BCUT2D eigenvalue weighted by Crippen LogP contribution is 2.12. The van der Waals surface area contributed by atoms with Gasteiger partial charge in [0, 0.05) is 39.3 Å². The Morgan fingerprint density at radius 3 is 2.70 bits per heavy atom. The van der Waals surface area contributed by atoms with Crippen LogP contribution in [0.2, 0.25) is 0 Å². The maximum absolute atomic E-state index is 4.64. The number of nitrogens with one attached hydrogen (secondary N) is 2. The summed E-state index contributed by atoms with van der Waals surface area (Å²) >= 11 is 0. The van der Waals surface area contributed by atoms with Gasteiger partial charge in [0.05, 0.1) is 0 Å². The summed E-state index contributed by atoms with van der Waals surface area (Å²) in [6.45, 7) is 11.6. The van der Waals surface area contributed by atoms with E-state index in [9.17, 15) is 0 Å². The minimum Gasteiger partial charge on any atom is -0.357 e. The number of aromatic nitrogens is 3. The number of piperidine rings is 1. The minimum absolute atomic E-state index is 0.496. The van der Waals surface area contributed by atoms with Gasteiger partial charge in [0.2, 0.25) is 0 Å². The van der Waals surface area contributed by atoms with Gasteiger partial charge >= 0.3 is 0 Å². The standard InChI is InChI=1S/C16H31N7/c1-5-17-16(18-10-15-19-12-20-22(15)4)21-14-6-8-23(9-7-14)11-13(2)3/h12-14H,5-11H2,1-4H3,(H2,17,18,21). The van der Waals surface area contributed by atoms with Crippen molar-refractivity contribution in [3.63, 3.8) is 0 Å². The van der Waals surface area contributed by atoms with Crippen LogP contribution in [0.1, 0.15) is 39.4 Å². The zero-order chi connectivity index (χ0) is 16.7. The third-order valence-electron chi connectivity index (χ3n) is 4.08. The average Bonchev–Trinajstić information content (AvgIpc) is 2.92. The molecule has 23 heavy (non-hydrogen) atoms. The first-order valence-electron chi connectivity index (χ1n) is 8.68. The van der Waals surface area contributed by atoms with Gasteiger partial charge in [0.15, 0.2) is 5.96 Å². The Morgan fingerprint density at radius 2 is 2.13 bits per heavy atom. The Hall–Kier alpha value is -1.63. The van der Waals surface area contributed by atoms with Crippen LogP contribution in [0.3, 0.4) is 0 Å². The summed E-state index contributed by atoms with van der Waals surface area (Å²) in [4.78, 5) is 11.4. The second kappa shape index (κ2) is 8.86. The third kappa shape index (κ3) is 5.82. The van der Waals surface area contributed by atoms with E-state index in [0.29, 0.717) is 12.6 Å². The normalized spacial score (nSPS) is 17.7. The van der Waals surface area contributed by atoms with Gasteiger partial charge in [-0.3, -0.25) is 4.68 Å². The SMILES string of the molecule is CCNC(=NCc1ncnn1C)NC1CCN(CC(C)C)CC1. The van der Waals surface area contributed by atoms with E-state index < -0.39 is 0 Å². The number of rotatable bonds is 6. The fourth-order valence-electron chi connectivity index (χ4n) is 2.90. The molecule has 7 heteroatoms. The monoisotopic (exact) mass is 321 g/mol. The van der Waals surface area contributed by atoms with Gasteiger partial charge in [-0.15, -0.1) is 0 Å². The molecule has 1 fully saturated rings. The third-order valence-corrected chi connectivity index (χ3v) is 4.08. The van der Waals surface area contributed by atoms with Crippen LogP contribution >= 0.6 is 0 Å². The van der Waals surface area contributed by atoms with E-state index in [4.69, 9.17) is 0 Å². The molecule has 1 aromatic heterocycles. The van der Waals surface area contributed by atoms with Crippen LogP contribution < -0.4 is 10.6 Å². The fraction of sp³-hybridized carbons (Fsp3) is 0.812. The Kier molecular flexibility index (Phi) is 6.83. The smallest absolute Gasteiger partial charge is 0.191 e. The zero-order valence-corrected chi connectivity index (χ0v) is 14.9.